The first kappa shape index (κ1) is 29.2. The van der Waals surface area contributed by atoms with Crippen LogP contribution in [0.25, 0.3) is 33.6 Å². The van der Waals surface area contributed by atoms with Crippen molar-refractivity contribution >= 4 is 6.09 Å². The number of fused-ring (bicyclic) bond motifs is 3. The predicted octanol–water partition coefficient (Wildman–Crippen LogP) is 7.58. The van der Waals surface area contributed by atoms with Crippen molar-refractivity contribution < 1.29 is 9.53 Å². The number of benzene rings is 2. The number of carbonyl (C=O) groups excluding carboxylic acids is 1. The summed E-state index contributed by atoms with van der Waals surface area (Å²) >= 11 is 0. The molecule has 2 aromatic carbocycles. The summed E-state index contributed by atoms with van der Waals surface area (Å²) in [5, 5.41) is 3.39. The molecule has 4 aromatic rings. The number of rotatable bonds is 7. The van der Waals surface area contributed by atoms with Crippen LogP contribution >= 0.6 is 0 Å². The number of aromatic nitrogens is 4. The first-order chi connectivity index (χ1) is 20.8. The van der Waals surface area contributed by atoms with E-state index in [4.69, 9.17) is 9.72 Å². The zero-order valence-corrected chi connectivity index (χ0v) is 25.9. The molecule has 3 heterocycles. The maximum Gasteiger partial charge on any atom is 0.410 e. The molecule has 0 radical (unpaired) electrons. The summed E-state index contributed by atoms with van der Waals surface area (Å²) in [6.45, 7) is 10.3. The van der Waals surface area contributed by atoms with Crippen molar-refractivity contribution in [2.45, 2.75) is 90.8 Å². The number of ether oxygens (including phenoxy) is 1. The third-order valence-electron chi connectivity index (χ3n) is 8.35. The Bertz CT molecular complexity index is 1560. The van der Waals surface area contributed by atoms with Crippen LogP contribution in [0.4, 0.5) is 4.79 Å². The number of nitrogens with one attached hydrogen (secondary N) is 3. The molecule has 1 amide bonds. The fourth-order valence-electron chi connectivity index (χ4n) is 6.23. The van der Waals surface area contributed by atoms with Gasteiger partial charge in [-0.25, -0.2) is 14.8 Å². The van der Waals surface area contributed by atoms with Crippen LogP contribution < -0.4 is 5.32 Å². The highest BCUT2D eigenvalue weighted by molar-refractivity contribution is 5.75. The lowest BCUT2D eigenvalue weighted by atomic mass is 9.90. The van der Waals surface area contributed by atoms with Gasteiger partial charge in [-0.1, -0.05) is 49.4 Å². The number of likely N-dealkylation sites (tertiary alicyclic amines) is 1. The van der Waals surface area contributed by atoms with Crippen molar-refractivity contribution in [2.75, 3.05) is 13.1 Å². The Morgan fingerprint density at radius 2 is 1.79 bits per heavy atom. The molecular formula is C35H44N6O2. The van der Waals surface area contributed by atoms with Gasteiger partial charge in [-0.2, -0.15) is 0 Å². The van der Waals surface area contributed by atoms with E-state index in [1.165, 1.54) is 27.9 Å². The molecule has 1 fully saturated rings. The van der Waals surface area contributed by atoms with Crippen molar-refractivity contribution in [1.29, 1.82) is 0 Å². The average molecular weight is 581 g/mol. The van der Waals surface area contributed by atoms with E-state index >= 15 is 0 Å². The summed E-state index contributed by atoms with van der Waals surface area (Å²) in [4.78, 5) is 31.6. The first-order valence-corrected chi connectivity index (χ1v) is 15.9. The lowest BCUT2D eigenvalue weighted by Gasteiger charge is -2.27. The van der Waals surface area contributed by atoms with E-state index in [9.17, 15) is 4.79 Å². The van der Waals surface area contributed by atoms with Crippen molar-refractivity contribution in [1.82, 2.24) is 30.2 Å². The average Bonchev–Trinajstić information content (AvgIpc) is 3.73. The van der Waals surface area contributed by atoms with E-state index in [1.807, 2.05) is 31.9 Å². The van der Waals surface area contributed by atoms with Crippen LogP contribution in [0.2, 0.25) is 0 Å². The third-order valence-corrected chi connectivity index (χ3v) is 8.35. The van der Waals surface area contributed by atoms with Gasteiger partial charge in [0.25, 0.3) is 0 Å². The van der Waals surface area contributed by atoms with Crippen LogP contribution in [-0.2, 0) is 24.1 Å². The third kappa shape index (κ3) is 6.54. The van der Waals surface area contributed by atoms with Crippen molar-refractivity contribution in [2.24, 2.45) is 0 Å². The Morgan fingerprint density at radius 1 is 1.02 bits per heavy atom. The Hall–Kier alpha value is -3.91. The molecular weight excluding hydrogens is 536 g/mol. The lowest BCUT2D eigenvalue weighted by Crippen LogP contribution is -2.36. The van der Waals surface area contributed by atoms with Gasteiger partial charge in [-0.05, 0) is 94.5 Å². The summed E-state index contributed by atoms with van der Waals surface area (Å²) in [7, 11) is 0. The molecule has 2 aromatic heterocycles. The molecule has 43 heavy (non-hydrogen) atoms. The zero-order valence-electron chi connectivity index (χ0n) is 25.9. The van der Waals surface area contributed by atoms with Gasteiger partial charge in [0.15, 0.2) is 0 Å². The van der Waals surface area contributed by atoms with Crippen molar-refractivity contribution in [3.63, 3.8) is 0 Å². The molecule has 0 spiro atoms. The monoisotopic (exact) mass is 580 g/mol. The van der Waals surface area contributed by atoms with Crippen molar-refractivity contribution in [3.8, 4) is 33.6 Å². The minimum absolute atomic E-state index is 0.0807. The number of aryl methyl sites for hydroxylation is 2. The van der Waals surface area contributed by atoms with Crippen LogP contribution in [0, 0.1) is 0 Å². The van der Waals surface area contributed by atoms with Gasteiger partial charge in [0.2, 0.25) is 0 Å². The number of imidazole rings is 2. The number of H-pyrrole nitrogens is 2. The van der Waals surface area contributed by atoms with Crippen LogP contribution in [0.15, 0.2) is 48.7 Å². The second kappa shape index (κ2) is 12.4. The van der Waals surface area contributed by atoms with Gasteiger partial charge in [0.05, 0.1) is 30.2 Å². The Labute approximate surface area is 254 Å². The molecule has 1 saturated heterocycles. The fraction of sp³-hybridized carbons (Fsp3) is 0.457. The van der Waals surface area contributed by atoms with Crippen molar-refractivity contribution in [3.05, 3.63) is 71.6 Å². The molecule has 1 aliphatic heterocycles. The first-order valence-electron chi connectivity index (χ1n) is 15.9. The molecule has 0 saturated carbocycles. The van der Waals surface area contributed by atoms with Gasteiger partial charge >= 0.3 is 6.09 Å². The summed E-state index contributed by atoms with van der Waals surface area (Å²) < 4.78 is 5.72. The zero-order chi connectivity index (χ0) is 30.0. The van der Waals surface area contributed by atoms with Crippen LogP contribution in [0.3, 0.4) is 0 Å². The van der Waals surface area contributed by atoms with Gasteiger partial charge in [-0.3, -0.25) is 4.90 Å². The van der Waals surface area contributed by atoms with Gasteiger partial charge < -0.3 is 20.0 Å². The maximum absolute atomic E-state index is 13.0. The molecule has 1 atom stereocenters. The largest absolute Gasteiger partial charge is 0.444 e. The smallest absolute Gasteiger partial charge is 0.410 e. The second-order valence-electron chi connectivity index (χ2n) is 12.9. The van der Waals surface area contributed by atoms with E-state index in [0.717, 1.165) is 86.6 Å². The number of hydrogen-bond donors (Lipinski definition) is 3. The number of amides is 1. The Kier molecular flexibility index (Phi) is 8.39. The highest BCUT2D eigenvalue weighted by Crippen LogP contribution is 2.38. The van der Waals surface area contributed by atoms with Gasteiger partial charge in [-0.15, -0.1) is 0 Å². The Morgan fingerprint density at radius 3 is 2.58 bits per heavy atom. The van der Waals surface area contributed by atoms with Gasteiger partial charge in [0, 0.05) is 17.8 Å². The van der Waals surface area contributed by atoms with Crippen LogP contribution in [-0.4, -0.2) is 49.6 Å². The van der Waals surface area contributed by atoms with Crippen LogP contribution in [0.5, 0.6) is 0 Å². The summed E-state index contributed by atoms with van der Waals surface area (Å²) in [5.41, 5.74) is 8.78. The van der Waals surface area contributed by atoms with E-state index < -0.39 is 5.60 Å². The molecule has 3 N–H and O–H groups in total. The molecule has 1 aliphatic carbocycles. The topological polar surface area (TPSA) is 98.9 Å². The maximum atomic E-state index is 13.0. The second-order valence-corrected chi connectivity index (χ2v) is 12.9. The minimum Gasteiger partial charge on any atom is -0.444 e. The molecule has 8 heteroatoms. The van der Waals surface area contributed by atoms with E-state index in [1.54, 1.807) is 0 Å². The summed E-state index contributed by atoms with van der Waals surface area (Å²) in [6, 6.07) is 15.4. The van der Waals surface area contributed by atoms with E-state index in [0.29, 0.717) is 6.54 Å². The number of hydrogen-bond acceptors (Lipinski definition) is 5. The lowest BCUT2D eigenvalue weighted by molar-refractivity contribution is 0.0218. The molecule has 0 unspecified atom stereocenters. The minimum atomic E-state index is -0.520. The quantitative estimate of drug-likeness (QED) is 0.196. The molecule has 2 aliphatic rings. The number of carbonyl (C=O) groups is 1. The normalized spacial score (nSPS) is 16.8. The summed E-state index contributed by atoms with van der Waals surface area (Å²) in [5.74, 6) is 1.84. The number of nitrogens with zero attached hydrogens (tertiary/aromatic N) is 3. The predicted molar refractivity (Wildman–Crippen MR) is 171 cm³/mol. The Balaban J connectivity index is 1.23. The molecule has 0 bridgehead atoms. The van der Waals surface area contributed by atoms with Crippen LogP contribution in [0.1, 0.15) is 88.7 Å². The highest BCUT2D eigenvalue weighted by atomic mass is 16.6. The highest BCUT2D eigenvalue weighted by Gasteiger charge is 2.35. The SMILES string of the molecule is CCCNCc1ncc(-c2ccc(-c3ccc4c(c3)CCCCc3[nH]c([C@@H]5CCCN5C(=O)OC(C)(C)C)nc3-4)cc2)[nH]1. The molecule has 6 rings (SSSR count). The van der Waals surface area contributed by atoms with Gasteiger partial charge in [0.1, 0.15) is 17.2 Å². The van der Waals surface area contributed by atoms with E-state index in [2.05, 4.69) is 69.7 Å². The van der Waals surface area contributed by atoms with E-state index in [-0.39, 0.29) is 12.1 Å². The summed E-state index contributed by atoms with van der Waals surface area (Å²) in [6.07, 6.45) is 8.84. The standard InChI is InChI=1S/C35H44N6O2/c1-5-18-36-22-31-37-21-29(38-31)24-14-12-23(13-15-24)25-16-17-27-26(20-25)9-6-7-10-28-32(27)40-33(39-28)30-11-8-19-41(30)34(42)43-35(2,3)4/h12-17,20-21,30,36H,5-11,18-19,22H2,1-4H3,(H,37,38)(H,39,40)/t30-/m0/s1. The molecule has 8 nitrogen and oxygen atoms in total. The fourth-order valence-corrected chi connectivity index (χ4v) is 6.23. The number of aromatic amines is 2. The molecule has 226 valence electrons.